The van der Waals surface area contributed by atoms with Crippen molar-refractivity contribution in [1.29, 1.82) is 0 Å². The van der Waals surface area contributed by atoms with E-state index in [4.69, 9.17) is 9.47 Å². The zero-order valence-corrected chi connectivity index (χ0v) is 8.43. The lowest BCUT2D eigenvalue weighted by atomic mass is 9.88. The first-order chi connectivity index (χ1) is 7.25. The van der Waals surface area contributed by atoms with E-state index in [0.29, 0.717) is 0 Å². The predicted molar refractivity (Wildman–Crippen MR) is 55.7 cm³/mol. The van der Waals surface area contributed by atoms with Crippen molar-refractivity contribution in [2.45, 2.75) is 13.0 Å². The molecule has 1 N–H and O–H groups in total. The number of hydrogen-bond acceptors (Lipinski definition) is 3. The van der Waals surface area contributed by atoms with Crippen LogP contribution in [0.2, 0.25) is 0 Å². The number of aliphatic hydroxyl groups is 1. The van der Waals surface area contributed by atoms with Gasteiger partial charge in [0.25, 0.3) is 0 Å². The summed E-state index contributed by atoms with van der Waals surface area (Å²) in [6.07, 6.45) is 3.59. The number of hydrogen-bond donors (Lipinski definition) is 1. The van der Waals surface area contributed by atoms with Crippen LogP contribution in [-0.4, -0.2) is 11.9 Å². The van der Waals surface area contributed by atoms with Crippen molar-refractivity contribution < 1.29 is 14.6 Å². The van der Waals surface area contributed by atoms with Crippen LogP contribution in [0.15, 0.2) is 18.2 Å². The molecule has 0 radical (unpaired) electrons. The molecule has 0 spiro atoms. The van der Waals surface area contributed by atoms with Gasteiger partial charge in [0.2, 0.25) is 6.79 Å². The first kappa shape index (κ1) is 8.80. The lowest BCUT2D eigenvalue weighted by Gasteiger charge is -2.22. The molecule has 0 unspecified atom stereocenters. The van der Waals surface area contributed by atoms with Crippen molar-refractivity contribution in [3.8, 4) is 11.5 Å². The van der Waals surface area contributed by atoms with Gasteiger partial charge in [-0.15, -0.1) is 0 Å². The molecule has 2 aliphatic rings. The Kier molecular flexibility index (Phi) is 1.76. The van der Waals surface area contributed by atoms with Gasteiger partial charge in [0.1, 0.15) is 0 Å². The molecule has 1 aromatic carbocycles. The third kappa shape index (κ3) is 1.23. The van der Waals surface area contributed by atoms with E-state index in [1.165, 1.54) is 0 Å². The summed E-state index contributed by atoms with van der Waals surface area (Å²) in [5.74, 6) is 1.65. The van der Waals surface area contributed by atoms with E-state index in [2.05, 4.69) is 0 Å². The summed E-state index contributed by atoms with van der Waals surface area (Å²) >= 11 is 0. The zero-order chi connectivity index (χ0) is 10.4. The van der Waals surface area contributed by atoms with Crippen molar-refractivity contribution >= 4 is 6.08 Å². The van der Waals surface area contributed by atoms with Gasteiger partial charge in [-0.25, -0.2) is 0 Å². The second-order valence-corrected chi connectivity index (χ2v) is 4.00. The molecular weight excluding hydrogens is 192 g/mol. The third-order valence-corrected chi connectivity index (χ3v) is 2.97. The molecule has 0 aromatic heterocycles. The highest BCUT2D eigenvalue weighted by Crippen LogP contribution is 2.41. The summed E-state index contributed by atoms with van der Waals surface area (Å²) in [6.45, 7) is 2.27. The van der Waals surface area contributed by atoms with Crippen molar-refractivity contribution in [3.05, 3.63) is 29.3 Å². The lowest BCUT2D eigenvalue weighted by molar-refractivity contribution is 0.137. The summed E-state index contributed by atoms with van der Waals surface area (Å²) in [5.41, 5.74) is 1.94. The van der Waals surface area contributed by atoms with E-state index in [0.717, 1.165) is 22.6 Å². The summed E-state index contributed by atoms with van der Waals surface area (Å²) in [6, 6.07) is 3.80. The molecule has 0 saturated heterocycles. The maximum absolute atomic E-state index is 10.0. The van der Waals surface area contributed by atoms with Gasteiger partial charge < -0.3 is 14.6 Å². The second kappa shape index (κ2) is 3.00. The smallest absolute Gasteiger partial charge is 0.231 e. The Morgan fingerprint density at radius 3 is 2.80 bits per heavy atom. The SMILES string of the molecule is C[C@@H]1C=Cc2cc3c(cc2[C@H]1O)OCO3. The molecule has 1 heterocycles. The van der Waals surface area contributed by atoms with Crippen molar-refractivity contribution in [3.63, 3.8) is 0 Å². The fraction of sp³-hybridized carbons (Fsp3) is 0.333. The molecule has 1 aliphatic carbocycles. The minimum Gasteiger partial charge on any atom is -0.454 e. The fourth-order valence-corrected chi connectivity index (χ4v) is 2.02. The van der Waals surface area contributed by atoms with Crippen LogP contribution in [0, 0.1) is 5.92 Å². The highest BCUT2D eigenvalue weighted by molar-refractivity contribution is 5.63. The van der Waals surface area contributed by atoms with Crippen LogP contribution in [-0.2, 0) is 0 Å². The molecule has 0 bridgehead atoms. The van der Waals surface area contributed by atoms with Gasteiger partial charge >= 0.3 is 0 Å². The number of benzene rings is 1. The van der Waals surface area contributed by atoms with E-state index < -0.39 is 6.10 Å². The molecule has 78 valence electrons. The monoisotopic (exact) mass is 204 g/mol. The Bertz CT molecular complexity index is 437. The molecule has 0 amide bonds. The number of ether oxygens (including phenoxy) is 2. The van der Waals surface area contributed by atoms with E-state index in [1.54, 1.807) is 0 Å². The number of rotatable bonds is 0. The molecule has 0 saturated carbocycles. The van der Waals surface area contributed by atoms with Gasteiger partial charge in [-0.3, -0.25) is 0 Å². The van der Waals surface area contributed by atoms with Gasteiger partial charge in [0, 0.05) is 5.92 Å². The fourth-order valence-electron chi connectivity index (χ4n) is 2.02. The largest absolute Gasteiger partial charge is 0.454 e. The van der Waals surface area contributed by atoms with Gasteiger partial charge in [0.05, 0.1) is 6.10 Å². The Morgan fingerprint density at radius 2 is 2.00 bits per heavy atom. The van der Waals surface area contributed by atoms with Crippen LogP contribution in [0.3, 0.4) is 0 Å². The van der Waals surface area contributed by atoms with Gasteiger partial charge in [0.15, 0.2) is 11.5 Å². The summed E-state index contributed by atoms with van der Waals surface area (Å²) < 4.78 is 10.6. The number of fused-ring (bicyclic) bond motifs is 2. The third-order valence-electron chi connectivity index (χ3n) is 2.97. The average Bonchev–Trinajstić information content (AvgIpc) is 2.68. The minimum atomic E-state index is -0.445. The van der Waals surface area contributed by atoms with E-state index >= 15 is 0 Å². The molecule has 3 rings (SSSR count). The van der Waals surface area contributed by atoms with Crippen LogP contribution in [0.5, 0.6) is 11.5 Å². The quantitative estimate of drug-likeness (QED) is 0.703. The van der Waals surface area contributed by atoms with Crippen LogP contribution < -0.4 is 9.47 Å². The Morgan fingerprint density at radius 1 is 1.27 bits per heavy atom. The van der Waals surface area contributed by atoms with Gasteiger partial charge in [-0.1, -0.05) is 19.1 Å². The average molecular weight is 204 g/mol. The number of aliphatic hydroxyl groups excluding tert-OH is 1. The van der Waals surface area contributed by atoms with Crippen LogP contribution in [0.25, 0.3) is 6.08 Å². The van der Waals surface area contributed by atoms with Crippen molar-refractivity contribution in [2.24, 2.45) is 5.92 Å². The topological polar surface area (TPSA) is 38.7 Å². The normalized spacial score (nSPS) is 26.5. The minimum absolute atomic E-state index is 0.151. The summed E-state index contributed by atoms with van der Waals surface area (Å²) in [5, 5.41) is 10.0. The van der Waals surface area contributed by atoms with E-state index in [-0.39, 0.29) is 12.7 Å². The molecule has 1 aliphatic heterocycles. The standard InChI is InChI=1S/C12H12O3/c1-7-2-3-8-4-10-11(15-6-14-10)5-9(8)12(7)13/h2-5,7,12-13H,6H2,1H3/t7-,12+/m1/s1. The highest BCUT2D eigenvalue weighted by Gasteiger charge is 2.24. The maximum Gasteiger partial charge on any atom is 0.231 e. The van der Waals surface area contributed by atoms with Crippen LogP contribution in [0.1, 0.15) is 24.2 Å². The molecular formula is C12H12O3. The van der Waals surface area contributed by atoms with Gasteiger partial charge in [-0.05, 0) is 23.3 Å². The lowest BCUT2D eigenvalue weighted by Crippen LogP contribution is -2.11. The summed E-state index contributed by atoms with van der Waals surface area (Å²) in [7, 11) is 0. The zero-order valence-electron chi connectivity index (χ0n) is 8.43. The first-order valence-electron chi connectivity index (χ1n) is 5.05. The van der Waals surface area contributed by atoms with E-state index in [9.17, 15) is 5.11 Å². The maximum atomic E-state index is 10.0. The molecule has 0 fully saturated rings. The second-order valence-electron chi connectivity index (χ2n) is 4.00. The summed E-state index contributed by atoms with van der Waals surface area (Å²) in [4.78, 5) is 0. The van der Waals surface area contributed by atoms with Crippen LogP contribution in [0.4, 0.5) is 0 Å². The van der Waals surface area contributed by atoms with Crippen molar-refractivity contribution in [1.82, 2.24) is 0 Å². The van der Waals surface area contributed by atoms with Crippen molar-refractivity contribution in [2.75, 3.05) is 6.79 Å². The molecule has 3 nitrogen and oxygen atoms in total. The molecule has 1 aromatic rings. The first-order valence-corrected chi connectivity index (χ1v) is 5.05. The Balaban J connectivity index is 2.15. The van der Waals surface area contributed by atoms with Gasteiger partial charge in [-0.2, -0.15) is 0 Å². The van der Waals surface area contributed by atoms with E-state index in [1.807, 2.05) is 31.2 Å². The Labute approximate surface area is 87.9 Å². The predicted octanol–water partition coefficient (Wildman–Crippen LogP) is 2.11. The molecule has 15 heavy (non-hydrogen) atoms. The molecule has 3 heteroatoms. The highest BCUT2D eigenvalue weighted by atomic mass is 16.7. The molecule has 2 atom stereocenters. The van der Waals surface area contributed by atoms with Crippen LogP contribution >= 0.6 is 0 Å². The Hall–Kier alpha value is -1.48.